The van der Waals surface area contributed by atoms with Crippen molar-refractivity contribution in [3.63, 3.8) is 0 Å². The van der Waals surface area contributed by atoms with Gasteiger partial charge in [0, 0.05) is 5.69 Å². The Morgan fingerprint density at radius 2 is 1.76 bits per heavy atom. The molecule has 0 atom stereocenters. The average Bonchev–Trinajstić information content (AvgIpc) is 2.41. The van der Waals surface area contributed by atoms with E-state index >= 15 is 0 Å². The zero-order valence-corrected chi connectivity index (χ0v) is 12.1. The van der Waals surface area contributed by atoms with Crippen LogP contribution in [0.4, 0.5) is 5.69 Å². The Hall–Kier alpha value is -2.09. The molecule has 1 amide bonds. The molecule has 0 aromatic heterocycles. The lowest BCUT2D eigenvalue weighted by Crippen LogP contribution is -2.14. The van der Waals surface area contributed by atoms with Gasteiger partial charge in [-0.15, -0.1) is 0 Å². The van der Waals surface area contributed by atoms with Crippen molar-refractivity contribution in [1.29, 1.82) is 0 Å². The normalized spacial score (nSPS) is 11.1. The fraction of sp³-hybridized carbons (Fsp3) is 0. The molecular formula is C13H11ClN2O4S. The lowest BCUT2D eigenvalue weighted by atomic mass is 10.2. The Morgan fingerprint density at radius 3 is 2.33 bits per heavy atom. The first kappa shape index (κ1) is 15.3. The fourth-order valence-electron chi connectivity index (χ4n) is 1.61. The number of hydrogen-bond donors (Lipinski definition) is 3. The molecule has 0 unspecified atom stereocenters. The maximum absolute atomic E-state index is 12.0. The van der Waals surface area contributed by atoms with Crippen LogP contribution in [0.3, 0.4) is 0 Å². The number of phenolic OH excluding ortho intramolecular Hbond substituents is 1. The topological polar surface area (TPSA) is 109 Å². The van der Waals surface area contributed by atoms with E-state index < -0.39 is 15.9 Å². The van der Waals surface area contributed by atoms with Crippen molar-refractivity contribution in [3.8, 4) is 5.75 Å². The van der Waals surface area contributed by atoms with E-state index in [-0.39, 0.29) is 21.2 Å². The first-order valence-electron chi connectivity index (χ1n) is 5.70. The van der Waals surface area contributed by atoms with Crippen LogP contribution in [-0.2, 0) is 10.0 Å². The summed E-state index contributed by atoms with van der Waals surface area (Å²) in [5.74, 6) is -0.617. The molecule has 4 N–H and O–H groups in total. The van der Waals surface area contributed by atoms with Gasteiger partial charge in [0.15, 0.2) is 0 Å². The zero-order valence-electron chi connectivity index (χ0n) is 10.6. The van der Waals surface area contributed by atoms with Gasteiger partial charge < -0.3 is 10.4 Å². The fourth-order valence-corrected chi connectivity index (χ4v) is 2.33. The largest absolute Gasteiger partial charge is 0.508 e. The second kappa shape index (κ2) is 5.72. The van der Waals surface area contributed by atoms with Gasteiger partial charge in [-0.2, -0.15) is 0 Å². The summed E-state index contributed by atoms with van der Waals surface area (Å²) in [6.07, 6.45) is 0. The quantitative estimate of drug-likeness (QED) is 0.800. The molecule has 6 nitrogen and oxygen atoms in total. The van der Waals surface area contributed by atoms with Gasteiger partial charge in [0.1, 0.15) is 5.75 Å². The smallest absolute Gasteiger partial charge is 0.257 e. The number of nitrogens with one attached hydrogen (secondary N) is 1. The minimum atomic E-state index is -3.78. The number of nitrogens with two attached hydrogens (primary N) is 1. The third kappa shape index (κ3) is 3.72. The van der Waals surface area contributed by atoms with Gasteiger partial charge in [-0.1, -0.05) is 11.6 Å². The molecule has 2 aromatic rings. The third-order valence-electron chi connectivity index (χ3n) is 2.64. The molecule has 0 aliphatic carbocycles. The maximum Gasteiger partial charge on any atom is 0.257 e. The highest BCUT2D eigenvalue weighted by Crippen LogP contribution is 2.22. The molecule has 2 rings (SSSR count). The number of anilines is 1. The number of aromatic hydroxyl groups is 1. The SMILES string of the molecule is NS(=O)(=O)c1ccc(NC(=O)c2cc(O)ccc2Cl)cc1. The van der Waals surface area contributed by atoms with Crippen LogP contribution in [0.5, 0.6) is 5.75 Å². The summed E-state index contributed by atoms with van der Waals surface area (Å²) in [5.41, 5.74) is 0.471. The molecule has 0 radical (unpaired) electrons. The molecule has 0 aliphatic heterocycles. The lowest BCUT2D eigenvalue weighted by molar-refractivity contribution is 0.102. The monoisotopic (exact) mass is 326 g/mol. The number of phenols is 1. The Balaban J connectivity index is 2.22. The van der Waals surface area contributed by atoms with Crippen molar-refractivity contribution in [3.05, 3.63) is 53.1 Å². The zero-order chi connectivity index (χ0) is 15.6. The number of carbonyl (C=O) groups excluding carboxylic acids is 1. The predicted octanol–water partition coefficient (Wildman–Crippen LogP) is 1.95. The molecule has 0 fully saturated rings. The molecule has 21 heavy (non-hydrogen) atoms. The molecule has 0 bridgehead atoms. The highest BCUT2D eigenvalue weighted by atomic mass is 35.5. The van der Waals surface area contributed by atoms with Gasteiger partial charge in [-0.3, -0.25) is 4.79 Å². The van der Waals surface area contributed by atoms with Crippen LogP contribution < -0.4 is 10.5 Å². The number of sulfonamides is 1. The van der Waals surface area contributed by atoms with Crippen LogP contribution in [0.25, 0.3) is 0 Å². The summed E-state index contributed by atoms with van der Waals surface area (Å²) >= 11 is 5.87. The van der Waals surface area contributed by atoms with Crippen LogP contribution in [-0.4, -0.2) is 19.4 Å². The molecule has 0 spiro atoms. The maximum atomic E-state index is 12.0. The van der Waals surface area contributed by atoms with Gasteiger partial charge in [0.2, 0.25) is 10.0 Å². The van der Waals surface area contributed by atoms with Crippen molar-refractivity contribution >= 4 is 33.2 Å². The van der Waals surface area contributed by atoms with Crippen LogP contribution in [0.15, 0.2) is 47.4 Å². The summed E-state index contributed by atoms with van der Waals surface area (Å²) in [4.78, 5) is 12.0. The summed E-state index contributed by atoms with van der Waals surface area (Å²) in [5, 5.41) is 17.1. The van der Waals surface area contributed by atoms with Crippen molar-refractivity contribution < 1.29 is 18.3 Å². The second-order valence-electron chi connectivity index (χ2n) is 4.19. The van der Waals surface area contributed by atoms with Gasteiger partial charge >= 0.3 is 0 Å². The number of halogens is 1. The number of carbonyl (C=O) groups is 1. The first-order chi connectivity index (χ1) is 9.77. The number of hydrogen-bond acceptors (Lipinski definition) is 4. The molecular weight excluding hydrogens is 316 g/mol. The van der Waals surface area contributed by atoms with Crippen LogP contribution in [0.2, 0.25) is 5.02 Å². The van der Waals surface area contributed by atoms with Gasteiger partial charge in [-0.05, 0) is 42.5 Å². The van der Waals surface area contributed by atoms with Gasteiger partial charge in [0.25, 0.3) is 5.91 Å². The summed E-state index contributed by atoms with van der Waals surface area (Å²) in [7, 11) is -3.78. The number of rotatable bonds is 3. The molecule has 0 saturated carbocycles. The Labute approximate surface area is 126 Å². The minimum Gasteiger partial charge on any atom is -0.508 e. The number of benzene rings is 2. The Morgan fingerprint density at radius 1 is 1.14 bits per heavy atom. The van der Waals surface area contributed by atoms with E-state index in [1.807, 2.05) is 0 Å². The predicted molar refractivity (Wildman–Crippen MR) is 78.9 cm³/mol. The molecule has 8 heteroatoms. The van der Waals surface area contributed by atoms with E-state index in [9.17, 15) is 18.3 Å². The molecule has 2 aromatic carbocycles. The summed E-state index contributed by atoms with van der Waals surface area (Å²) < 4.78 is 22.2. The minimum absolute atomic E-state index is 0.0594. The molecule has 0 aliphatic rings. The van der Waals surface area contributed by atoms with Crippen LogP contribution in [0, 0.1) is 0 Å². The third-order valence-corrected chi connectivity index (χ3v) is 3.89. The van der Waals surface area contributed by atoms with Crippen molar-refractivity contribution in [2.24, 2.45) is 5.14 Å². The van der Waals surface area contributed by atoms with E-state index in [0.29, 0.717) is 5.69 Å². The van der Waals surface area contributed by atoms with Crippen LogP contribution in [0.1, 0.15) is 10.4 Å². The Kier molecular flexibility index (Phi) is 4.17. The van der Waals surface area contributed by atoms with E-state index in [0.717, 1.165) is 0 Å². The summed E-state index contributed by atoms with van der Waals surface area (Å²) in [6.45, 7) is 0. The Bertz CT molecular complexity index is 788. The van der Waals surface area contributed by atoms with E-state index in [2.05, 4.69) is 5.32 Å². The highest BCUT2D eigenvalue weighted by Gasteiger charge is 2.12. The van der Waals surface area contributed by atoms with Crippen LogP contribution >= 0.6 is 11.6 Å². The summed E-state index contributed by atoms with van der Waals surface area (Å²) in [6, 6.07) is 9.33. The van der Waals surface area contributed by atoms with Crippen molar-refractivity contribution in [2.75, 3.05) is 5.32 Å². The van der Waals surface area contributed by atoms with Crippen molar-refractivity contribution in [1.82, 2.24) is 0 Å². The van der Waals surface area contributed by atoms with Gasteiger partial charge in [-0.25, -0.2) is 13.6 Å². The lowest BCUT2D eigenvalue weighted by Gasteiger charge is -2.07. The number of primary sulfonamides is 1. The van der Waals surface area contributed by atoms with E-state index in [1.165, 1.54) is 42.5 Å². The standard InChI is InChI=1S/C13H11ClN2O4S/c14-12-6-3-9(17)7-11(12)13(18)16-8-1-4-10(5-2-8)21(15,19)20/h1-7,17H,(H,16,18)(H2,15,19,20). The average molecular weight is 327 g/mol. The van der Waals surface area contributed by atoms with Gasteiger partial charge in [0.05, 0.1) is 15.5 Å². The van der Waals surface area contributed by atoms with Crippen molar-refractivity contribution in [2.45, 2.75) is 4.90 Å². The second-order valence-corrected chi connectivity index (χ2v) is 6.16. The number of amides is 1. The molecule has 110 valence electrons. The molecule has 0 heterocycles. The highest BCUT2D eigenvalue weighted by molar-refractivity contribution is 7.89. The molecule has 0 saturated heterocycles. The van der Waals surface area contributed by atoms with E-state index in [4.69, 9.17) is 16.7 Å². The van der Waals surface area contributed by atoms with E-state index in [1.54, 1.807) is 0 Å². The first-order valence-corrected chi connectivity index (χ1v) is 7.62.